The molecule has 0 bridgehead atoms. The van der Waals surface area contributed by atoms with E-state index in [-0.39, 0.29) is 18.0 Å². The number of amides is 2. The standard InChI is InChI=1S/C15H19ClN2O3/c1-9-2-5-12(8-13(9)16)18-15(21)17-11-6-3-10(4-7-11)14(19)20/h2,5,8,10-11H,3-4,6-7H2,1H3,(H,19,20)(H2,17,18,21). The van der Waals surface area contributed by atoms with Crippen molar-refractivity contribution in [3.05, 3.63) is 28.8 Å². The molecular weight excluding hydrogens is 292 g/mol. The summed E-state index contributed by atoms with van der Waals surface area (Å²) in [5, 5.41) is 15.2. The first-order chi connectivity index (χ1) is 9.95. The third kappa shape index (κ3) is 4.36. The number of urea groups is 1. The van der Waals surface area contributed by atoms with Gasteiger partial charge in [0.25, 0.3) is 0 Å². The van der Waals surface area contributed by atoms with E-state index in [1.165, 1.54) is 0 Å². The number of benzene rings is 1. The summed E-state index contributed by atoms with van der Waals surface area (Å²) >= 11 is 6.01. The van der Waals surface area contributed by atoms with Crippen LogP contribution in [-0.4, -0.2) is 23.1 Å². The molecule has 0 unspecified atom stereocenters. The molecule has 114 valence electrons. The number of hydrogen-bond acceptors (Lipinski definition) is 2. The number of carboxylic acid groups (broad SMARTS) is 1. The zero-order valence-electron chi connectivity index (χ0n) is 11.9. The highest BCUT2D eigenvalue weighted by Crippen LogP contribution is 2.24. The number of aliphatic carboxylic acids is 1. The zero-order valence-corrected chi connectivity index (χ0v) is 12.6. The van der Waals surface area contributed by atoms with Crippen molar-refractivity contribution in [3.63, 3.8) is 0 Å². The molecule has 3 N–H and O–H groups in total. The Bertz CT molecular complexity index is 540. The lowest BCUT2D eigenvalue weighted by molar-refractivity contribution is -0.142. The minimum absolute atomic E-state index is 0.0292. The number of rotatable bonds is 3. The van der Waals surface area contributed by atoms with Gasteiger partial charge >= 0.3 is 12.0 Å². The van der Waals surface area contributed by atoms with Gasteiger partial charge in [0.1, 0.15) is 0 Å². The Balaban J connectivity index is 1.82. The quantitative estimate of drug-likeness (QED) is 0.800. The van der Waals surface area contributed by atoms with Gasteiger partial charge in [-0.05, 0) is 50.3 Å². The lowest BCUT2D eigenvalue weighted by Gasteiger charge is -2.26. The first-order valence-corrected chi connectivity index (χ1v) is 7.40. The molecule has 1 aliphatic carbocycles. The molecule has 1 saturated carbocycles. The van der Waals surface area contributed by atoms with Crippen LogP contribution in [0.5, 0.6) is 0 Å². The molecular formula is C15H19ClN2O3. The lowest BCUT2D eigenvalue weighted by Crippen LogP contribution is -2.40. The Labute approximate surface area is 128 Å². The highest BCUT2D eigenvalue weighted by atomic mass is 35.5. The predicted octanol–water partition coefficient (Wildman–Crippen LogP) is 3.41. The van der Waals surface area contributed by atoms with Crippen molar-refractivity contribution in [2.75, 3.05) is 5.32 Å². The number of anilines is 1. The number of nitrogens with one attached hydrogen (secondary N) is 2. The maximum absolute atomic E-state index is 11.9. The van der Waals surface area contributed by atoms with E-state index in [1.807, 2.05) is 13.0 Å². The normalized spacial score (nSPS) is 21.6. The number of carbonyl (C=O) groups is 2. The van der Waals surface area contributed by atoms with E-state index in [9.17, 15) is 9.59 Å². The largest absolute Gasteiger partial charge is 0.481 e. The molecule has 0 saturated heterocycles. The van der Waals surface area contributed by atoms with Gasteiger partial charge in [-0.1, -0.05) is 17.7 Å². The summed E-state index contributed by atoms with van der Waals surface area (Å²) in [7, 11) is 0. The summed E-state index contributed by atoms with van der Waals surface area (Å²) in [6.07, 6.45) is 2.60. The molecule has 2 amide bonds. The van der Waals surface area contributed by atoms with Crippen molar-refractivity contribution < 1.29 is 14.7 Å². The molecule has 1 aliphatic rings. The van der Waals surface area contributed by atoms with E-state index in [2.05, 4.69) is 10.6 Å². The van der Waals surface area contributed by atoms with Gasteiger partial charge in [0.05, 0.1) is 5.92 Å². The van der Waals surface area contributed by atoms with E-state index in [1.54, 1.807) is 12.1 Å². The fourth-order valence-corrected chi connectivity index (χ4v) is 2.69. The van der Waals surface area contributed by atoms with E-state index >= 15 is 0 Å². The second kappa shape index (κ2) is 6.80. The molecule has 1 fully saturated rings. The summed E-state index contributed by atoms with van der Waals surface area (Å²) in [6, 6.07) is 5.09. The Hall–Kier alpha value is -1.75. The van der Waals surface area contributed by atoms with Crippen LogP contribution in [-0.2, 0) is 4.79 Å². The zero-order chi connectivity index (χ0) is 15.4. The van der Waals surface area contributed by atoms with Gasteiger partial charge in [-0.25, -0.2) is 4.79 Å². The van der Waals surface area contributed by atoms with Crippen LogP contribution in [0.4, 0.5) is 10.5 Å². The second-order valence-electron chi connectivity index (χ2n) is 5.45. The van der Waals surface area contributed by atoms with Gasteiger partial charge in [0.2, 0.25) is 0 Å². The molecule has 1 aromatic rings. The number of aryl methyl sites for hydroxylation is 1. The lowest BCUT2D eigenvalue weighted by atomic mass is 9.86. The van der Waals surface area contributed by atoms with Gasteiger partial charge in [0, 0.05) is 16.8 Å². The Morgan fingerprint density at radius 2 is 1.90 bits per heavy atom. The molecule has 0 aromatic heterocycles. The average Bonchev–Trinajstić information content (AvgIpc) is 2.43. The van der Waals surface area contributed by atoms with Crippen LogP contribution in [0.25, 0.3) is 0 Å². The summed E-state index contributed by atoms with van der Waals surface area (Å²) in [5.41, 5.74) is 1.59. The summed E-state index contributed by atoms with van der Waals surface area (Å²) in [6.45, 7) is 1.90. The van der Waals surface area contributed by atoms with Crippen molar-refractivity contribution in [1.29, 1.82) is 0 Å². The van der Waals surface area contributed by atoms with E-state index in [0.29, 0.717) is 36.4 Å². The van der Waals surface area contributed by atoms with Crippen LogP contribution >= 0.6 is 11.6 Å². The SMILES string of the molecule is Cc1ccc(NC(=O)NC2CCC(C(=O)O)CC2)cc1Cl. The molecule has 0 atom stereocenters. The Morgan fingerprint density at radius 3 is 2.48 bits per heavy atom. The summed E-state index contributed by atoms with van der Waals surface area (Å²) in [4.78, 5) is 22.8. The van der Waals surface area contributed by atoms with Crippen molar-refractivity contribution >= 4 is 29.3 Å². The number of hydrogen-bond donors (Lipinski definition) is 3. The van der Waals surface area contributed by atoms with E-state index < -0.39 is 5.97 Å². The minimum atomic E-state index is -0.743. The van der Waals surface area contributed by atoms with Gasteiger partial charge in [-0.15, -0.1) is 0 Å². The molecule has 0 aliphatic heterocycles. The molecule has 0 heterocycles. The van der Waals surface area contributed by atoms with Crippen LogP contribution in [0.3, 0.4) is 0 Å². The maximum Gasteiger partial charge on any atom is 0.319 e. The second-order valence-corrected chi connectivity index (χ2v) is 5.86. The molecule has 21 heavy (non-hydrogen) atoms. The molecule has 0 radical (unpaired) electrons. The topological polar surface area (TPSA) is 78.4 Å². The van der Waals surface area contributed by atoms with Gasteiger partial charge in [-0.3, -0.25) is 4.79 Å². The first-order valence-electron chi connectivity index (χ1n) is 7.02. The molecule has 0 spiro atoms. The monoisotopic (exact) mass is 310 g/mol. The number of carbonyl (C=O) groups excluding carboxylic acids is 1. The third-order valence-electron chi connectivity index (χ3n) is 3.84. The van der Waals surface area contributed by atoms with Crippen LogP contribution < -0.4 is 10.6 Å². The third-order valence-corrected chi connectivity index (χ3v) is 4.25. The smallest absolute Gasteiger partial charge is 0.319 e. The van der Waals surface area contributed by atoms with Gasteiger partial charge in [0.15, 0.2) is 0 Å². The van der Waals surface area contributed by atoms with Crippen LogP contribution in [0.1, 0.15) is 31.2 Å². The van der Waals surface area contributed by atoms with Crippen LogP contribution in [0.2, 0.25) is 5.02 Å². The molecule has 6 heteroatoms. The predicted molar refractivity (Wildman–Crippen MR) is 81.7 cm³/mol. The van der Waals surface area contributed by atoms with Crippen molar-refractivity contribution in [3.8, 4) is 0 Å². The molecule has 2 rings (SSSR count). The fourth-order valence-electron chi connectivity index (χ4n) is 2.51. The highest BCUT2D eigenvalue weighted by Gasteiger charge is 2.26. The van der Waals surface area contributed by atoms with Crippen LogP contribution in [0.15, 0.2) is 18.2 Å². The van der Waals surface area contributed by atoms with Gasteiger partial charge in [-0.2, -0.15) is 0 Å². The first kappa shape index (κ1) is 15.6. The van der Waals surface area contributed by atoms with Gasteiger partial charge < -0.3 is 15.7 Å². The van der Waals surface area contributed by atoms with E-state index in [4.69, 9.17) is 16.7 Å². The molecule has 5 nitrogen and oxygen atoms in total. The number of halogens is 1. The summed E-state index contributed by atoms with van der Waals surface area (Å²) < 4.78 is 0. The van der Waals surface area contributed by atoms with Crippen molar-refractivity contribution in [1.82, 2.24) is 5.32 Å². The average molecular weight is 311 g/mol. The highest BCUT2D eigenvalue weighted by molar-refractivity contribution is 6.31. The minimum Gasteiger partial charge on any atom is -0.481 e. The Morgan fingerprint density at radius 1 is 1.24 bits per heavy atom. The van der Waals surface area contributed by atoms with Crippen LogP contribution in [0, 0.1) is 12.8 Å². The number of carboxylic acids is 1. The maximum atomic E-state index is 11.9. The van der Waals surface area contributed by atoms with E-state index in [0.717, 1.165) is 5.56 Å². The van der Waals surface area contributed by atoms with Crippen molar-refractivity contribution in [2.24, 2.45) is 5.92 Å². The Kier molecular flexibility index (Phi) is 5.07. The summed E-state index contributed by atoms with van der Waals surface area (Å²) in [5.74, 6) is -1.02. The fraction of sp³-hybridized carbons (Fsp3) is 0.467. The van der Waals surface area contributed by atoms with Crippen molar-refractivity contribution in [2.45, 2.75) is 38.6 Å². The molecule has 1 aromatic carbocycles.